The first-order valence-electron chi connectivity index (χ1n) is 8.42. The third kappa shape index (κ3) is 3.02. The molecular formula is C18H20N4OS2. The second-order valence-corrected chi connectivity index (χ2v) is 8.29. The van der Waals surface area contributed by atoms with Crippen LogP contribution < -0.4 is 4.90 Å². The highest BCUT2D eigenvalue weighted by Gasteiger charge is 2.23. The summed E-state index contributed by atoms with van der Waals surface area (Å²) in [5, 5.41) is 5.05. The molecule has 25 heavy (non-hydrogen) atoms. The molecule has 0 N–H and O–H groups in total. The number of anilines is 1. The molecule has 3 aromatic rings. The first-order valence-corrected chi connectivity index (χ1v) is 10.2. The van der Waals surface area contributed by atoms with Gasteiger partial charge in [-0.25, -0.2) is 9.97 Å². The van der Waals surface area contributed by atoms with E-state index in [1.807, 2.05) is 21.7 Å². The lowest BCUT2D eigenvalue weighted by Gasteiger charge is -2.23. The highest BCUT2D eigenvalue weighted by Crippen LogP contribution is 2.34. The zero-order valence-corrected chi connectivity index (χ0v) is 16.0. The van der Waals surface area contributed by atoms with E-state index in [9.17, 15) is 4.79 Å². The Morgan fingerprint density at radius 2 is 2.04 bits per heavy atom. The molecule has 1 amide bonds. The minimum absolute atomic E-state index is 0.137. The molecule has 0 aliphatic carbocycles. The fourth-order valence-corrected chi connectivity index (χ4v) is 4.93. The van der Waals surface area contributed by atoms with E-state index >= 15 is 0 Å². The van der Waals surface area contributed by atoms with Gasteiger partial charge in [-0.1, -0.05) is 0 Å². The predicted octanol–water partition coefficient (Wildman–Crippen LogP) is 3.72. The van der Waals surface area contributed by atoms with E-state index in [1.54, 1.807) is 29.0 Å². The summed E-state index contributed by atoms with van der Waals surface area (Å²) in [5.74, 6) is 1.15. The summed E-state index contributed by atoms with van der Waals surface area (Å²) < 4.78 is 0. The van der Waals surface area contributed by atoms with Crippen molar-refractivity contribution in [3.05, 3.63) is 39.2 Å². The van der Waals surface area contributed by atoms with Crippen LogP contribution in [0.5, 0.6) is 0 Å². The minimum atomic E-state index is 0.137. The third-order valence-corrected chi connectivity index (χ3v) is 6.59. The molecule has 130 valence electrons. The van der Waals surface area contributed by atoms with Gasteiger partial charge in [0.25, 0.3) is 5.91 Å². The molecule has 7 heteroatoms. The van der Waals surface area contributed by atoms with Crippen LogP contribution in [0.2, 0.25) is 0 Å². The maximum Gasteiger partial charge on any atom is 0.254 e. The molecule has 4 rings (SSSR count). The largest absolute Gasteiger partial charge is 0.354 e. The number of aryl methyl sites for hydroxylation is 2. The standard InChI is InChI=1S/C18H20N4OS2/c1-12-13(2)25-17-15(12)16(19-11-20-17)21-5-3-6-22(8-7-21)18(23)14-4-9-24-10-14/h4,9-11H,3,5-8H2,1-2H3. The molecule has 1 aliphatic rings. The summed E-state index contributed by atoms with van der Waals surface area (Å²) in [7, 11) is 0. The molecule has 3 aromatic heterocycles. The van der Waals surface area contributed by atoms with Gasteiger partial charge in [-0.3, -0.25) is 4.79 Å². The summed E-state index contributed by atoms with van der Waals surface area (Å²) >= 11 is 3.29. The molecule has 1 saturated heterocycles. The number of aromatic nitrogens is 2. The van der Waals surface area contributed by atoms with Gasteiger partial charge in [-0.05, 0) is 37.3 Å². The van der Waals surface area contributed by atoms with Crippen molar-refractivity contribution in [2.24, 2.45) is 0 Å². The maximum absolute atomic E-state index is 12.6. The van der Waals surface area contributed by atoms with Gasteiger partial charge in [0.2, 0.25) is 0 Å². The summed E-state index contributed by atoms with van der Waals surface area (Å²) in [6.45, 7) is 7.51. The third-order valence-electron chi connectivity index (χ3n) is 4.80. The van der Waals surface area contributed by atoms with Crippen molar-refractivity contribution in [2.75, 3.05) is 31.1 Å². The molecule has 1 aliphatic heterocycles. The Kier molecular flexibility index (Phi) is 4.43. The molecular weight excluding hydrogens is 352 g/mol. The average molecular weight is 373 g/mol. The molecule has 0 unspecified atom stereocenters. The lowest BCUT2D eigenvalue weighted by Crippen LogP contribution is -2.35. The van der Waals surface area contributed by atoms with E-state index in [4.69, 9.17) is 0 Å². The maximum atomic E-state index is 12.6. The van der Waals surface area contributed by atoms with Crippen molar-refractivity contribution in [1.82, 2.24) is 14.9 Å². The van der Waals surface area contributed by atoms with Crippen LogP contribution in [0.25, 0.3) is 10.2 Å². The molecule has 0 aromatic carbocycles. The Hall–Kier alpha value is -1.99. The van der Waals surface area contributed by atoms with E-state index in [0.29, 0.717) is 0 Å². The van der Waals surface area contributed by atoms with E-state index in [2.05, 4.69) is 28.7 Å². The second kappa shape index (κ2) is 6.72. The molecule has 0 atom stereocenters. The molecule has 1 fully saturated rings. The summed E-state index contributed by atoms with van der Waals surface area (Å²) in [5.41, 5.74) is 2.07. The van der Waals surface area contributed by atoms with Gasteiger partial charge >= 0.3 is 0 Å². The Morgan fingerprint density at radius 1 is 1.16 bits per heavy atom. The van der Waals surface area contributed by atoms with Gasteiger partial charge in [0.05, 0.1) is 10.9 Å². The van der Waals surface area contributed by atoms with E-state index in [-0.39, 0.29) is 5.91 Å². The van der Waals surface area contributed by atoms with E-state index in [0.717, 1.165) is 48.8 Å². The average Bonchev–Trinajstić information content (AvgIpc) is 3.16. The van der Waals surface area contributed by atoms with Gasteiger partial charge in [-0.2, -0.15) is 11.3 Å². The summed E-state index contributed by atoms with van der Waals surface area (Å²) in [4.78, 5) is 28.3. The number of fused-ring (bicyclic) bond motifs is 1. The number of rotatable bonds is 2. The number of hydrogen-bond donors (Lipinski definition) is 0. The highest BCUT2D eigenvalue weighted by atomic mass is 32.1. The fourth-order valence-electron chi connectivity index (χ4n) is 3.30. The Balaban J connectivity index is 1.58. The van der Waals surface area contributed by atoms with Crippen LogP contribution >= 0.6 is 22.7 Å². The first kappa shape index (κ1) is 16.5. The molecule has 0 radical (unpaired) electrons. The number of thiophene rings is 2. The predicted molar refractivity (Wildman–Crippen MR) is 104 cm³/mol. The Morgan fingerprint density at radius 3 is 2.84 bits per heavy atom. The monoisotopic (exact) mass is 372 g/mol. The summed E-state index contributed by atoms with van der Waals surface area (Å²) in [6, 6.07) is 1.90. The van der Waals surface area contributed by atoms with E-state index in [1.165, 1.54) is 15.8 Å². The van der Waals surface area contributed by atoms with Crippen LogP contribution in [0.1, 0.15) is 27.2 Å². The smallest absolute Gasteiger partial charge is 0.254 e. The van der Waals surface area contributed by atoms with Crippen molar-refractivity contribution in [3.63, 3.8) is 0 Å². The number of nitrogens with zero attached hydrogens (tertiary/aromatic N) is 4. The lowest BCUT2D eigenvalue weighted by atomic mass is 10.2. The minimum Gasteiger partial charge on any atom is -0.354 e. The number of carbonyl (C=O) groups excluding carboxylic acids is 1. The zero-order valence-electron chi connectivity index (χ0n) is 14.4. The van der Waals surface area contributed by atoms with Crippen molar-refractivity contribution in [2.45, 2.75) is 20.3 Å². The van der Waals surface area contributed by atoms with Crippen LogP contribution in [-0.2, 0) is 0 Å². The Labute approximate surface area is 154 Å². The van der Waals surface area contributed by atoms with Gasteiger partial charge in [0, 0.05) is 36.4 Å². The number of amides is 1. The van der Waals surface area contributed by atoms with Crippen molar-refractivity contribution < 1.29 is 4.79 Å². The molecule has 0 bridgehead atoms. The Bertz CT molecular complexity index is 903. The molecule has 5 nitrogen and oxygen atoms in total. The van der Waals surface area contributed by atoms with Crippen molar-refractivity contribution in [3.8, 4) is 0 Å². The van der Waals surface area contributed by atoms with Gasteiger partial charge < -0.3 is 9.80 Å². The lowest BCUT2D eigenvalue weighted by molar-refractivity contribution is 0.0767. The molecule has 0 saturated carbocycles. The zero-order chi connectivity index (χ0) is 17.4. The highest BCUT2D eigenvalue weighted by molar-refractivity contribution is 7.18. The quantitative estimate of drug-likeness (QED) is 0.688. The van der Waals surface area contributed by atoms with Crippen LogP contribution in [-0.4, -0.2) is 47.0 Å². The van der Waals surface area contributed by atoms with Gasteiger partial charge in [-0.15, -0.1) is 11.3 Å². The topological polar surface area (TPSA) is 49.3 Å². The normalized spacial score (nSPS) is 15.6. The SMILES string of the molecule is Cc1sc2ncnc(N3CCCN(C(=O)c4ccsc4)CC3)c2c1C. The van der Waals surface area contributed by atoms with Crippen molar-refractivity contribution in [1.29, 1.82) is 0 Å². The number of carbonyl (C=O) groups is 1. The molecule has 4 heterocycles. The van der Waals surface area contributed by atoms with Crippen LogP contribution in [0, 0.1) is 13.8 Å². The van der Waals surface area contributed by atoms with E-state index < -0.39 is 0 Å². The number of hydrogen-bond acceptors (Lipinski definition) is 6. The fraction of sp³-hybridized carbons (Fsp3) is 0.389. The van der Waals surface area contributed by atoms with Crippen LogP contribution in [0.4, 0.5) is 5.82 Å². The van der Waals surface area contributed by atoms with Crippen molar-refractivity contribution >= 4 is 44.6 Å². The molecule has 0 spiro atoms. The van der Waals surface area contributed by atoms with Gasteiger partial charge in [0.15, 0.2) is 0 Å². The first-order chi connectivity index (χ1) is 12.1. The second-order valence-electron chi connectivity index (χ2n) is 6.31. The van der Waals surface area contributed by atoms with Crippen LogP contribution in [0.15, 0.2) is 23.2 Å². The van der Waals surface area contributed by atoms with Crippen LogP contribution in [0.3, 0.4) is 0 Å². The summed E-state index contributed by atoms with van der Waals surface area (Å²) in [6.07, 6.45) is 2.61. The van der Waals surface area contributed by atoms with Gasteiger partial charge in [0.1, 0.15) is 17.0 Å².